The molecule has 0 aliphatic carbocycles. The average Bonchev–Trinajstić information content (AvgIpc) is 2.38. The predicted octanol–water partition coefficient (Wildman–Crippen LogP) is 4.25. The fraction of sp³-hybridized carbons (Fsp3) is 0.286. The van der Waals surface area contributed by atoms with Crippen molar-refractivity contribution in [2.24, 2.45) is 0 Å². The van der Waals surface area contributed by atoms with Crippen molar-refractivity contribution >= 4 is 79.7 Å². The van der Waals surface area contributed by atoms with Crippen molar-refractivity contribution in [3.8, 4) is 0 Å². The topological polar surface area (TPSA) is 63.6 Å². The summed E-state index contributed by atoms with van der Waals surface area (Å²) >= 11 is 6.28. The molecular weight excluding hydrogens is 613 g/mol. The van der Waals surface area contributed by atoms with Crippen LogP contribution >= 0.6 is 67.8 Å². The van der Waals surface area contributed by atoms with Crippen LogP contribution in [0.4, 0.5) is 0 Å². The fourth-order valence-corrected chi connectivity index (χ4v) is 4.42. The van der Waals surface area contributed by atoms with Crippen molar-refractivity contribution < 1.29 is 19.4 Å². The second kappa shape index (κ2) is 8.09. The summed E-state index contributed by atoms with van der Waals surface area (Å²) in [6.07, 6.45) is 0.230. The molecule has 1 aromatic carbocycles. The first-order valence-corrected chi connectivity index (χ1v) is 9.14. The Labute approximate surface area is 164 Å². The highest BCUT2D eigenvalue weighted by Gasteiger charge is 2.20. The summed E-state index contributed by atoms with van der Waals surface area (Å²) in [5.74, 6) is -1.35. The summed E-state index contributed by atoms with van der Waals surface area (Å²) in [5.41, 5.74) is 1.65. The Hall–Kier alpha value is 0.0900. The van der Waals surface area contributed by atoms with E-state index in [0.29, 0.717) is 21.1 Å². The summed E-state index contributed by atoms with van der Waals surface area (Å²) in [4.78, 5) is 22.7. The van der Waals surface area contributed by atoms with Crippen LogP contribution in [0.1, 0.15) is 29.8 Å². The number of carboxylic acid groups (broad SMARTS) is 1. The molecule has 0 spiro atoms. The maximum atomic E-state index is 11.5. The minimum absolute atomic E-state index is 0.291. The Morgan fingerprint density at radius 3 is 2.38 bits per heavy atom. The SMILES string of the molecule is C=C(C)C(=O)OC(C)Cc1c(I)cc(C(=O)O)c(I)c1I. The number of halogens is 3. The highest BCUT2D eigenvalue weighted by Crippen LogP contribution is 2.29. The molecule has 0 aliphatic heterocycles. The molecule has 114 valence electrons. The Balaban J connectivity index is 3.04. The molecule has 0 heterocycles. The maximum absolute atomic E-state index is 11.5. The van der Waals surface area contributed by atoms with Crippen molar-refractivity contribution in [2.75, 3.05) is 0 Å². The van der Waals surface area contributed by atoms with Crippen LogP contribution in [0.25, 0.3) is 0 Å². The summed E-state index contributed by atoms with van der Waals surface area (Å²) in [5, 5.41) is 9.18. The molecule has 0 saturated heterocycles. The lowest BCUT2D eigenvalue weighted by molar-refractivity contribution is -0.143. The van der Waals surface area contributed by atoms with Gasteiger partial charge in [-0.05, 0) is 93.2 Å². The van der Waals surface area contributed by atoms with Gasteiger partial charge in [0.1, 0.15) is 6.10 Å². The molecule has 21 heavy (non-hydrogen) atoms. The van der Waals surface area contributed by atoms with Crippen LogP contribution in [-0.2, 0) is 16.0 Å². The van der Waals surface area contributed by atoms with Gasteiger partial charge in [0.15, 0.2) is 0 Å². The van der Waals surface area contributed by atoms with Gasteiger partial charge in [-0.1, -0.05) is 6.58 Å². The Morgan fingerprint density at radius 2 is 1.90 bits per heavy atom. The third-order valence-electron chi connectivity index (χ3n) is 2.63. The Bertz CT molecular complexity index is 611. The average molecular weight is 626 g/mol. The summed E-state index contributed by atoms with van der Waals surface area (Å²) in [7, 11) is 0. The van der Waals surface area contributed by atoms with Crippen LogP contribution < -0.4 is 0 Å². The van der Waals surface area contributed by atoms with Crippen molar-refractivity contribution in [1.82, 2.24) is 0 Å². The normalized spacial score (nSPS) is 11.9. The Morgan fingerprint density at radius 1 is 1.33 bits per heavy atom. The number of benzene rings is 1. The first kappa shape index (κ1) is 19.1. The lowest BCUT2D eigenvalue weighted by Crippen LogP contribution is -2.19. The first-order chi connectivity index (χ1) is 9.65. The van der Waals surface area contributed by atoms with E-state index in [1.54, 1.807) is 13.0 Å². The zero-order valence-corrected chi connectivity index (χ0v) is 17.8. The monoisotopic (exact) mass is 626 g/mol. The van der Waals surface area contributed by atoms with Crippen molar-refractivity contribution in [3.63, 3.8) is 0 Å². The van der Waals surface area contributed by atoms with E-state index in [2.05, 4.69) is 51.8 Å². The molecule has 1 aromatic rings. The maximum Gasteiger partial charge on any atom is 0.336 e. The second-order valence-electron chi connectivity index (χ2n) is 4.52. The van der Waals surface area contributed by atoms with Crippen LogP contribution in [0.15, 0.2) is 18.2 Å². The zero-order valence-electron chi connectivity index (χ0n) is 11.4. The van der Waals surface area contributed by atoms with E-state index >= 15 is 0 Å². The van der Waals surface area contributed by atoms with Crippen molar-refractivity contribution in [1.29, 1.82) is 0 Å². The number of rotatable bonds is 5. The minimum Gasteiger partial charge on any atom is -0.478 e. The van der Waals surface area contributed by atoms with Gasteiger partial charge in [-0.25, -0.2) is 9.59 Å². The molecule has 0 aliphatic rings. The molecule has 0 amide bonds. The molecule has 0 aromatic heterocycles. The predicted molar refractivity (Wildman–Crippen MR) is 106 cm³/mol. The first-order valence-electron chi connectivity index (χ1n) is 5.91. The molecule has 1 rings (SSSR count). The minimum atomic E-state index is -0.941. The van der Waals surface area contributed by atoms with Gasteiger partial charge in [-0.15, -0.1) is 0 Å². The van der Waals surface area contributed by atoms with Gasteiger partial charge in [0.05, 0.1) is 5.56 Å². The highest BCUT2D eigenvalue weighted by molar-refractivity contribution is 14.1. The number of esters is 1. The number of carbonyl (C=O) groups is 2. The molecule has 1 unspecified atom stereocenters. The number of aromatic carboxylic acids is 1. The number of hydrogen-bond acceptors (Lipinski definition) is 3. The molecule has 0 bridgehead atoms. The molecule has 1 N–H and O–H groups in total. The molecule has 0 fully saturated rings. The van der Waals surface area contributed by atoms with E-state index in [9.17, 15) is 14.7 Å². The van der Waals surface area contributed by atoms with E-state index in [0.717, 1.165) is 12.7 Å². The molecule has 1 atom stereocenters. The highest BCUT2D eigenvalue weighted by atomic mass is 127. The molecule has 4 nitrogen and oxygen atoms in total. The zero-order chi connectivity index (χ0) is 16.3. The number of carboxylic acids is 1. The quantitative estimate of drug-likeness (QED) is 0.230. The van der Waals surface area contributed by atoms with Gasteiger partial charge in [0.2, 0.25) is 0 Å². The smallest absolute Gasteiger partial charge is 0.336 e. The van der Waals surface area contributed by atoms with E-state index in [1.165, 1.54) is 0 Å². The Kier molecular flexibility index (Phi) is 7.37. The summed E-state index contributed by atoms with van der Waals surface area (Å²) in [6.45, 7) is 6.97. The lowest BCUT2D eigenvalue weighted by Gasteiger charge is -2.17. The second-order valence-corrected chi connectivity index (χ2v) is 7.84. The van der Waals surface area contributed by atoms with Gasteiger partial charge >= 0.3 is 11.9 Å². The van der Waals surface area contributed by atoms with Crippen LogP contribution in [0.5, 0.6) is 0 Å². The van der Waals surface area contributed by atoms with Gasteiger partial charge in [0.25, 0.3) is 0 Å². The van der Waals surface area contributed by atoms with Crippen molar-refractivity contribution in [3.05, 3.63) is 40.1 Å². The molecule has 0 radical (unpaired) electrons. The largest absolute Gasteiger partial charge is 0.478 e. The molecular formula is C14H13I3O4. The van der Waals surface area contributed by atoms with Crippen LogP contribution in [-0.4, -0.2) is 23.1 Å². The van der Waals surface area contributed by atoms with Gasteiger partial charge in [-0.3, -0.25) is 0 Å². The number of ether oxygens (including phenoxy) is 1. The van der Waals surface area contributed by atoms with Gasteiger partial charge in [0, 0.05) is 22.7 Å². The third-order valence-corrected chi connectivity index (χ3v) is 6.94. The van der Waals surface area contributed by atoms with Crippen LogP contribution in [0.2, 0.25) is 0 Å². The van der Waals surface area contributed by atoms with E-state index in [4.69, 9.17) is 4.74 Å². The van der Waals surface area contributed by atoms with E-state index in [-0.39, 0.29) is 6.10 Å². The van der Waals surface area contributed by atoms with Crippen molar-refractivity contribution in [2.45, 2.75) is 26.4 Å². The summed E-state index contributed by atoms with van der Waals surface area (Å²) in [6, 6.07) is 1.65. The molecule has 7 heteroatoms. The molecule has 0 saturated carbocycles. The third kappa shape index (κ3) is 5.05. The van der Waals surface area contributed by atoms with Gasteiger partial charge < -0.3 is 9.84 Å². The van der Waals surface area contributed by atoms with E-state index < -0.39 is 11.9 Å². The van der Waals surface area contributed by atoms with Crippen LogP contribution in [0.3, 0.4) is 0 Å². The standard InChI is InChI=1S/C14H13I3O4/c1-6(2)14(20)21-7(3)4-8-10(15)5-9(13(18)19)12(17)11(8)16/h5,7H,1,4H2,2-3H3,(H,18,19). The van der Waals surface area contributed by atoms with Gasteiger partial charge in [-0.2, -0.15) is 0 Å². The fourth-order valence-electron chi connectivity index (χ4n) is 1.59. The number of carbonyl (C=O) groups excluding carboxylic acids is 1. The van der Waals surface area contributed by atoms with E-state index in [1.807, 2.05) is 29.5 Å². The van der Waals surface area contributed by atoms with Crippen LogP contribution in [0, 0.1) is 10.7 Å². The lowest BCUT2D eigenvalue weighted by atomic mass is 10.1. The number of hydrogen-bond donors (Lipinski definition) is 1. The summed E-state index contributed by atoms with van der Waals surface area (Å²) < 4.78 is 7.72.